The topological polar surface area (TPSA) is 0 Å². The third-order valence-electron chi connectivity index (χ3n) is 3.43. The van der Waals surface area contributed by atoms with Gasteiger partial charge in [0.25, 0.3) is 0 Å². The average Bonchev–Trinajstić information content (AvgIpc) is 2.27. The number of hydrogen-bond donors (Lipinski definition) is 0. The maximum atomic E-state index is 2.29. The maximum Gasteiger partial charge on any atom is -0.00758 e. The van der Waals surface area contributed by atoms with Crippen molar-refractivity contribution in [1.82, 2.24) is 0 Å². The Balaban J connectivity index is 2.58. The molecule has 0 N–H and O–H groups in total. The van der Waals surface area contributed by atoms with E-state index in [9.17, 15) is 0 Å². The highest BCUT2D eigenvalue weighted by atomic mass is 14.1. The van der Waals surface area contributed by atoms with Crippen LogP contribution in [0.2, 0.25) is 0 Å². The highest BCUT2D eigenvalue weighted by molar-refractivity contribution is 6.09. The Hall–Kier alpha value is -1.82. The van der Waals surface area contributed by atoms with Crippen LogP contribution in [0.5, 0.6) is 0 Å². The number of rotatable bonds is 0. The Bertz CT molecular complexity index is 721. The van der Waals surface area contributed by atoms with Crippen LogP contribution in [0.15, 0.2) is 42.5 Å². The van der Waals surface area contributed by atoms with Crippen molar-refractivity contribution in [2.24, 2.45) is 0 Å². The van der Waals surface area contributed by atoms with Gasteiger partial charge in [-0.15, -0.1) is 0 Å². The summed E-state index contributed by atoms with van der Waals surface area (Å²) in [6.45, 7) is 6.52. The summed E-state index contributed by atoms with van der Waals surface area (Å²) in [5, 5.41) is 5.45. The molecule has 0 fully saturated rings. The molecule has 0 bridgehead atoms. The molecule has 0 aliphatic heterocycles. The number of fused-ring (bicyclic) bond motifs is 3. The standard InChI is InChI=1S/C17H16/c1-11-4-5-14-6-7-15-9-12(2)8-13(3)17(15)16(14)10-11/h4-10H,1-3H3. The highest BCUT2D eigenvalue weighted by Gasteiger charge is 2.04. The van der Waals surface area contributed by atoms with E-state index in [0.717, 1.165) is 0 Å². The normalized spacial score (nSPS) is 11.2. The molecule has 84 valence electrons. The predicted octanol–water partition coefficient (Wildman–Crippen LogP) is 4.92. The highest BCUT2D eigenvalue weighted by Crippen LogP contribution is 2.29. The lowest BCUT2D eigenvalue weighted by Crippen LogP contribution is -1.85. The van der Waals surface area contributed by atoms with E-state index in [0.29, 0.717) is 0 Å². The summed E-state index contributed by atoms with van der Waals surface area (Å²) >= 11 is 0. The van der Waals surface area contributed by atoms with Crippen molar-refractivity contribution >= 4 is 21.5 Å². The Morgan fingerprint density at radius 3 is 2.18 bits per heavy atom. The summed E-state index contributed by atoms with van der Waals surface area (Å²) < 4.78 is 0. The third-order valence-corrected chi connectivity index (χ3v) is 3.43. The van der Waals surface area contributed by atoms with Crippen LogP contribution in [0.3, 0.4) is 0 Å². The van der Waals surface area contributed by atoms with E-state index in [1.165, 1.54) is 38.2 Å². The lowest BCUT2D eigenvalue weighted by molar-refractivity contribution is 1.43. The minimum atomic E-state index is 1.32. The SMILES string of the molecule is Cc1cc(C)c2c(ccc3ccc(C)cc32)c1. The fourth-order valence-electron chi connectivity index (χ4n) is 2.71. The van der Waals surface area contributed by atoms with Crippen molar-refractivity contribution < 1.29 is 0 Å². The van der Waals surface area contributed by atoms with Crippen molar-refractivity contribution in [2.75, 3.05) is 0 Å². The van der Waals surface area contributed by atoms with E-state index in [1.807, 2.05) is 0 Å². The molecule has 0 heteroatoms. The van der Waals surface area contributed by atoms with Crippen LogP contribution >= 0.6 is 0 Å². The molecule has 0 nitrogen and oxygen atoms in total. The number of aryl methyl sites for hydroxylation is 3. The number of hydrogen-bond acceptors (Lipinski definition) is 0. The molecule has 0 saturated carbocycles. The van der Waals surface area contributed by atoms with Crippen molar-refractivity contribution in [1.29, 1.82) is 0 Å². The van der Waals surface area contributed by atoms with Gasteiger partial charge in [0.2, 0.25) is 0 Å². The summed E-state index contributed by atoms with van der Waals surface area (Å²) in [4.78, 5) is 0. The van der Waals surface area contributed by atoms with E-state index in [1.54, 1.807) is 0 Å². The van der Waals surface area contributed by atoms with Crippen LogP contribution in [-0.4, -0.2) is 0 Å². The first-order valence-electron chi connectivity index (χ1n) is 6.05. The third kappa shape index (κ3) is 1.61. The summed E-state index contributed by atoms with van der Waals surface area (Å²) in [5.41, 5.74) is 4.03. The van der Waals surface area contributed by atoms with Gasteiger partial charge >= 0.3 is 0 Å². The molecule has 0 aliphatic rings. The summed E-state index contributed by atoms with van der Waals surface area (Å²) in [7, 11) is 0. The molecule has 0 unspecified atom stereocenters. The molecule has 0 atom stereocenters. The van der Waals surface area contributed by atoms with Gasteiger partial charge < -0.3 is 0 Å². The van der Waals surface area contributed by atoms with Gasteiger partial charge in [0.15, 0.2) is 0 Å². The van der Waals surface area contributed by atoms with Gasteiger partial charge in [0, 0.05) is 0 Å². The fourth-order valence-corrected chi connectivity index (χ4v) is 2.71. The Labute approximate surface area is 102 Å². The first-order chi connectivity index (χ1) is 8.15. The smallest absolute Gasteiger partial charge is 0.00758 e. The average molecular weight is 220 g/mol. The van der Waals surface area contributed by atoms with Crippen molar-refractivity contribution in [3.8, 4) is 0 Å². The fraction of sp³-hybridized carbons (Fsp3) is 0.176. The largest absolute Gasteiger partial charge is 0.0587 e. The molecular formula is C17H16. The lowest BCUT2D eigenvalue weighted by atomic mass is 9.95. The lowest BCUT2D eigenvalue weighted by Gasteiger charge is -2.09. The second kappa shape index (κ2) is 3.59. The van der Waals surface area contributed by atoms with E-state index in [2.05, 4.69) is 63.2 Å². The Morgan fingerprint density at radius 2 is 1.35 bits per heavy atom. The Kier molecular flexibility index (Phi) is 2.19. The summed E-state index contributed by atoms with van der Waals surface area (Å²) in [6.07, 6.45) is 0. The molecule has 0 aliphatic carbocycles. The molecule has 0 spiro atoms. The molecular weight excluding hydrogens is 204 g/mol. The van der Waals surface area contributed by atoms with Crippen LogP contribution in [-0.2, 0) is 0 Å². The van der Waals surface area contributed by atoms with Crippen molar-refractivity contribution in [3.63, 3.8) is 0 Å². The van der Waals surface area contributed by atoms with E-state index >= 15 is 0 Å². The predicted molar refractivity (Wildman–Crippen MR) is 75.7 cm³/mol. The molecule has 3 aromatic carbocycles. The Morgan fingerprint density at radius 1 is 0.647 bits per heavy atom. The minimum absolute atomic E-state index is 1.32. The van der Waals surface area contributed by atoms with Crippen molar-refractivity contribution in [3.05, 3.63) is 59.2 Å². The van der Waals surface area contributed by atoms with Crippen LogP contribution in [0, 0.1) is 20.8 Å². The van der Waals surface area contributed by atoms with Gasteiger partial charge in [0.05, 0.1) is 0 Å². The van der Waals surface area contributed by atoms with Gasteiger partial charge in [-0.3, -0.25) is 0 Å². The first kappa shape index (κ1) is 10.3. The zero-order valence-corrected chi connectivity index (χ0v) is 10.5. The van der Waals surface area contributed by atoms with Crippen LogP contribution in [0.25, 0.3) is 21.5 Å². The van der Waals surface area contributed by atoms with Gasteiger partial charge in [-0.2, -0.15) is 0 Å². The molecule has 0 amide bonds. The van der Waals surface area contributed by atoms with Crippen LogP contribution < -0.4 is 0 Å². The number of benzene rings is 3. The van der Waals surface area contributed by atoms with E-state index in [-0.39, 0.29) is 0 Å². The molecule has 0 saturated heterocycles. The van der Waals surface area contributed by atoms with E-state index in [4.69, 9.17) is 0 Å². The van der Waals surface area contributed by atoms with Gasteiger partial charge in [0.1, 0.15) is 0 Å². The summed E-state index contributed by atoms with van der Waals surface area (Å²) in [6, 6.07) is 15.7. The van der Waals surface area contributed by atoms with Gasteiger partial charge in [-0.25, -0.2) is 0 Å². The second-order valence-corrected chi connectivity index (χ2v) is 4.97. The zero-order valence-electron chi connectivity index (χ0n) is 10.5. The molecule has 0 heterocycles. The molecule has 0 radical (unpaired) electrons. The van der Waals surface area contributed by atoms with Crippen LogP contribution in [0.1, 0.15) is 16.7 Å². The van der Waals surface area contributed by atoms with E-state index < -0.39 is 0 Å². The quantitative estimate of drug-likeness (QED) is 0.472. The first-order valence-corrected chi connectivity index (χ1v) is 6.05. The van der Waals surface area contributed by atoms with Gasteiger partial charge in [-0.1, -0.05) is 53.6 Å². The molecule has 3 rings (SSSR count). The zero-order chi connectivity index (χ0) is 12.0. The van der Waals surface area contributed by atoms with Crippen LogP contribution in [0.4, 0.5) is 0 Å². The second-order valence-electron chi connectivity index (χ2n) is 4.97. The molecule has 3 aromatic rings. The molecule has 0 aromatic heterocycles. The van der Waals surface area contributed by atoms with Crippen molar-refractivity contribution in [2.45, 2.75) is 20.8 Å². The molecule has 17 heavy (non-hydrogen) atoms. The minimum Gasteiger partial charge on any atom is -0.0587 e. The maximum absolute atomic E-state index is 2.29. The monoisotopic (exact) mass is 220 g/mol. The summed E-state index contributed by atoms with van der Waals surface area (Å²) in [5.74, 6) is 0. The van der Waals surface area contributed by atoms with Gasteiger partial charge in [-0.05, 0) is 47.9 Å².